The number of hydrogen-bond donors (Lipinski definition) is 2. The summed E-state index contributed by atoms with van der Waals surface area (Å²) in [6.45, 7) is 11.4. The highest BCUT2D eigenvalue weighted by Gasteiger charge is 2.15. The van der Waals surface area contributed by atoms with Crippen LogP contribution in [-0.4, -0.2) is 77.6 Å². The van der Waals surface area contributed by atoms with Gasteiger partial charge in [0.25, 0.3) is 11.8 Å². The molecule has 9 heteroatoms. The lowest BCUT2D eigenvalue weighted by atomic mass is 10.2. The Hall–Kier alpha value is -2.36. The van der Waals surface area contributed by atoms with Crippen molar-refractivity contribution in [3.8, 4) is 0 Å². The molecule has 2 heterocycles. The molecule has 0 saturated carbocycles. The van der Waals surface area contributed by atoms with Crippen LogP contribution in [0.15, 0.2) is 24.3 Å². The smallest absolute Gasteiger partial charge is 0.286 e. The van der Waals surface area contributed by atoms with E-state index in [0.717, 1.165) is 57.1 Å². The zero-order chi connectivity index (χ0) is 21.3. The SMILES string of the molecule is CCc1nnc(C(=O)Nc2ccc(C(=O)NCCCN3CCN(CC)CC3)cc2)s1. The van der Waals surface area contributed by atoms with Crippen molar-refractivity contribution >= 4 is 28.8 Å². The highest BCUT2D eigenvalue weighted by atomic mass is 32.1. The van der Waals surface area contributed by atoms with Crippen LogP contribution < -0.4 is 10.6 Å². The summed E-state index contributed by atoms with van der Waals surface area (Å²) in [6.07, 6.45) is 1.69. The van der Waals surface area contributed by atoms with Crippen LogP contribution in [0.5, 0.6) is 0 Å². The van der Waals surface area contributed by atoms with E-state index in [1.165, 1.54) is 11.3 Å². The van der Waals surface area contributed by atoms with Crippen LogP contribution in [0.2, 0.25) is 0 Å². The largest absolute Gasteiger partial charge is 0.352 e. The van der Waals surface area contributed by atoms with Gasteiger partial charge in [0.1, 0.15) is 5.01 Å². The fourth-order valence-electron chi connectivity index (χ4n) is 3.31. The van der Waals surface area contributed by atoms with Gasteiger partial charge in [0, 0.05) is 44.0 Å². The molecule has 1 aliphatic rings. The monoisotopic (exact) mass is 430 g/mol. The Morgan fingerprint density at radius 3 is 2.33 bits per heavy atom. The molecule has 0 bridgehead atoms. The molecule has 162 valence electrons. The third-order valence-electron chi connectivity index (χ3n) is 5.22. The van der Waals surface area contributed by atoms with Gasteiger partial charge in [0.2, 0.25) is 5.01 Å². The van der Waals surface area contributed by atoms with Crippen LogP contribution in [0.25, 0.3) is 0 Å². The molecule has 1 saturated heterocycles. The molecule has 30 heavy (non-hydrogen) atoms. The number of aromatic nitrogens is 2. The molecule has 0 aliphatic carbocycles. The molecule has 1 aromatic heterocycles. The summed E-state index contributed by atoms with van der Waals surface area (Å²) in [5.41, 5.74) is 1.20. The van der Waals surface area contributed by atoms with Crippen molar-refractivity contribution in [3.63, 3.8) is 0 Å². The Bertz CT molecular complexity index is 830. The van der Waals surface area contributed by atoms with Gasteiger partial charge in [-0.1, -0.05) is 25.2 Å². The predicted molar refractivity (Wildman–Crippen MR) is 119 cm³/mol. The van der Waals surface area contributed by atoms with Crippen LogP contribution in [0.4, 0.5) is 5.69 Å². The molecule has 1 aliphatic heterocycles. The lowest BCUT2D eigenvalue weighted by Crippen LogP contribution is -2.46. The topological polar surface area (TPSA) is 90.5 Å². The first-order valence-corrected chi connectivity index (χ1v) is 11.4. The van der Waals surface area contributed by atoms with Crippen molar-refractivity contribution in [2.45, 2.75) is 26.7 Å². The first-order valence-electron chi connectivity index (χ1n) is 10.6. The summed E-state index contributed by atoms with van der Waals surface area (Å²) in [6, 6.07) is 6.88. The van der Waals surface area contributed by atoms with Crippen LogP contribution in [0, 0.1) is 0 Å². The minimum Gasteiger partial charge on any atom is -0.352 e. The van der Waals surface area contributed by atoms with E-state index in [1.54, 1.807) is 24.3 Å². The molecule has 1 aromatic carbocycles. The van der Waals surface area contributed by atoms with E-state index in [-0.39, 0.29) is 11.8 Å². The van der Waals surface area contributed by atoms with Gasteiger partial charge in [-0.05, 0) is 50.2 Å². The number of carbonyl (C=O) groups excluding carboxylic acids is 2. The number of aryl methyl sites for hydroxylation is 1. The predicted octanol–water partition coefficient (Wildman–Crippen LogP) is 2.11. The fourth-order valence-corrected chi connectivity index (χ4v) is 3.99. The van der Waals surface area contributed by atoms with Crippen LogP contribution in [0.3, 0.4) is 0 Å². The van der Waals surface area contributed by atoms with Gasteiger partial charge in [0.15, 0.2) is 0 Å². The first kappa shape index (κ1) is 22.3. The van der Waals surface area contributed by atoms with E-state index in [1.807, 2.05) is 6.92 Å². The standard InChI is InChI=1S/C21H30N6O2S/c1-3-18-24-25-21(30-18)20(29)23-17-8-6-16(7-9-17)19(28)22-10-5-11-27-14-12-26(4-2)13-15-27/h6-9H,3-5,10-15H2,1-2H3,(H,22,28)(H,23,29). The molecule has 8 nitrogen and oxygen atoms in total. The molecule has 0 unspecified atom stereocenters. The Morgan fingerprint density at radius 1 is 1.00 bits per heavy atom. The van der Waals surface area contributed by atoms with E-state index < -0.39 is 0 Å². The first-order chi connectivity index (χ1) is 14.6. The number of nitrogens with zero attached hydrogens (tertiary/aromatic N) is 4. The molecule has 2 amide bonds. The van der Waals surface area contributed by atoms with Crippen LogP contribution in [0.1, 0.15) is 45.4 Å². The van der Waals surface area contributed by atoms with Gasteiger partial charge in [-0.15, -0.1) is 10.2 Å². The Balaban J connectivity index is 1.38. The zero-order valence-electron chi connectivity index (χ0n) is 17.7. The highest BCUT2D eigenvalue weighted by molar-refractivity contribution is 7.13. The van der Waals surface area contributed by atoms with Crippen molar-refractivity contribution in [3.05, 3.63) is 39.8 Å². The summed E-state index contributed by atoms with van der Waals surface area (Å²) in [4.78, 5) is 29.5. The van der Waals surface area contributed by atoms with Crippen LogP contribution in [-0.2, 0) is 6.42 Å². The summed E-state index contributed by atoms with van der Waals surface area (Å²) < 4.78 is 0. The number of nitrogens with one attached hydrogen (secondary N) is 2. The molecular weight excluding hydrogens is 400 g/mol. The maximum absolute atomic E-state index is 12.3. The molecule has 1 fully saturated rings. The minimum atomic E-state index is -0.288. The molecule has 2 N–H and O–H groups in total. The summed E-state index contributed by atoms with van der Waals surface area (Å²) in [5.74, 6) is -0.385. The van der Waals surface area contributed by atoms with Gasteiger partial charge in [-0.3, -0.25) is 9.59 Å². The number of hydrogen-bond acceptors (Lipinski definition) is 7. The van der Waals surface area contributed by atoms with E-state index in [4.69, 9.17) is 0 Å². The molecule has 0 atom stereocenters. The molecule has 0 radical (unpaired) electrons. The minimum absolute atomic E-state index is 0.0969. The summed E-state index contributed by atoms with van der Waals surface area (Å²) in [7, 11) is 0. The van der Waals surface area contributed by atoms with Crippen molar-refractivity contribution in [1.29, 1.82) is 0 Å². The summed E-state index contributed by atoms with van der Waals surface area (Å²) in [5, 5.41) is 14.8. The third-order valence-corrected chi connectivity index (χ3v) is 6.28. The maximum Gasteiger partial charge on any atom is 0.286 e. The zero-order valence-corrected chi connectivity index (χ0v) is 18.5. The lowest BCUT2D eigenvalue weighted by Gasteiger charge is -2.33. The highest BCUT2D eigenvalue weighted by Crippen LogP contribution is 2.14. The van der Waals surface area contributed by atoms with Gasteiger partial charge < -0.3 is 20.4 Å². The number of amides is 2. The van der Waals surface area contributed by atoms with Crippen molar-refractivity contribution in [1.82, 2.24) is 25.3 Å². The number of benzene rings is 1. The Labute approximate surface area is 181 Å². The second kappa shape index (κ2) is 11.1. The van der Waals surface area contributed by atoms with E-state index in [2.05, 4.69) is 37.6 Å². The second-order valence-corrected chi connectivity index (χ2v) is 8.33. The normalized spacial score (nSPS) is 15.1. The van der Waals surface area contributed by atoms with Crippen molar-refractivity contribution < 1.29 is 9.59 Å². The quantitative estimate of drug-likeness (QED) is 0.592. The Morgan fingerprint density at radius 2 is 1.70 bits per heavy atom. The molecular formula is C21H30N6O2S. The molecule has 3 rings (SSSR count). The van der Waals surface area contributed by atoms with E-state index in [9.17, 15) is 9.59 Å². The maximum atomic E-state index is 12.3. The van der Waals surface area contributed by atoms with E-state index in [0.29, 0.717) is 22.8 Å². The second-order valence-electron chi connectivity index (χ2n) is 7.27. The lowest BCUT2D eigenvalue weighted by molar-refractivity contribution is 0.0947. The number of carbonyl (C=O) groups is 2. The van der Waals surface area contributed by atoms with Crippen molar-refractivity contribution in [2.75, 3.05) is 51.1 Å². The number of anilines is 1. The van der Waals surface area contributed by atoms with Crippen molar-refractivity contribution in [2.24, 2.45) is 0 Å². The summed E-state index contributed by atoms with van der Waals surface area (Å²) >= 11 is 1.29. The van der Waals surface area contributed by atoms with Gasteiger partial charge in [0.05, 0.1) is 0 Å². The van der Waals surface area contributed by atoms with Gasteiger partial charge in [-0.25, -0.2) is 0 Å². The number of piperazine rings is 1. The average Bonchev–Trinajstić information content (AvgIpc) is 3.27. The van der Waals surface area contributed by atoms with Gasteiger partial charge >= 0.3 is 0 Å². The number of likely N-dealkylation sites (N-methyl/N-ethyl adjacent to an activating group) is 1. The number of rotatable bonds is 9. The average molecular weight is 431 g/mol. The van der Waals surface area contributed by atoms with Gasteiger partial charge in [-0.2, -0.15) is 0 Å². The van der Waals surface area contributed by atoms with Crippen LogP contribution >= 0.6 is 11.3 Å². The fraction of sp³-hybridized carbons (Fsp3) is 0.524. The van der Waals surface area contributed by atoms with E-state index >= 15 is 0 Å². The third kappa shape index (κ3) is 6.32. The Kier molecular flexibility index (Phi) is 8.30. The molecule has 0 spiro atoms. The molecule has 2 aromatic rings.